The molecule has 6 heteroatoms. The first kappa shape index (κ1) is 12.9. The van der Waals surface area contributed by atoms with Gasteiger partial charge in [0.1, 0.15) is 0 Å². The molecule has 0 aliphatic carbocycles. The Morgan fingerprint density at radius 3 is 2.50 bits per heavy atom. The van der Waals surface area contributed by atoms with Crippen LogP contribution in [0.1, 0.15) is 24.9 Å². The Morgan fingerprint density at radius 1 is 1.33 bits per heavy atom. The molecule has 0 saturated carbocycles. The van der Waals surface area contributed by atoms with Crippen molar-refractivity contribution >= 4 is 5.84 Å². The minimum Gasteiger partial charge on any atom is -0.363 e. The van der Waals surface area contributed by atoms with Crippen molar-refractivity contribution in [2.24, 2.45) is 4.99 Å². The highest BCUT2D eigenvalue weighted by Crippen LogP contribution is 2.39. The van der Waals surface area contributed by atoms with Crippen LogP contribution in [0.3, 0.4) is 0 Å². The van der Waals surface area contributed by atoms with Crippen molar-refractivity contribution in [2.45, 2.75) is 31.3 Å². The Kier molecular flexibility index (Phi) is 3.06. The summed E-state index contributed by atoms with van der Waals surface area (Å²) in [6, 6.07) is 7.94. The Morgan fingerprint density at radius 2 is 1.94 bits per heavy atom. The normalized spacial score (nSPS) is 28.5. The van der Waals surface area contributed by atoms with E-state index < -0.39 is 24.4 Å². The molecule has 0 radical (unpaired) electrons. The van der Waals surface area contributed by atoms with Crippen LogP contribution in [0.2, 0.25) is 0 Å². The van der Waals surface area contributed by atoms with E-state index >= 15 is 0 Å². The van der Waals surface area contributed by atoms with E-state index in [1.54, 1.807) is 30.3 Å². The standard InChI is InChI=1S/C12H13F3N2O/c1-8-16-10(9-5-3-2-4-6-9)7-11(18,17-8)12(13,14)15/h2-6,10,18H,7H2,1H3,(H,16,17)/t10-,11+/m1/s1. The molecule has 3 nitrogen and oxygen atoms in total. The number of hydrogen-bond donors (Lipinski definition) is 2. The number of rotatable bonds is 1. The summed E-state index contributed by atoms with van der Waals surface area (Å²) in [5.41, 5.74) is -2.26. The fraction of sp³-hybridized carbons (Fsp3) is 0.417. The second kappa shape index (κ2) is 4.28. The topological polar surface area (TPSA) is 44.6 Å². The van der Waals surface area contributed by atoms with Crippen LogP contribution in [0.5, 0.6) is 0 Å². The molecule has 0 unspecified atom stereocenters. The van der Waals surface area contributed by atoms with Crippen LogP contribution in [0.25, 0.3) is 0 Å². The molecule has 1 aromatic carbocycles. The van der Waals surface area contributed by atoms with Gasteiger partial charge in [-0.3, -0.25) is 4.99 Å². The van der Waals surface area contributed by atoms with E-state index in [9.17, 15) is 18.3 Å². The Hall–Kier alpha value is -1.56. The molecule has 1 heterocycles. The second-order valence-corrected chi connectivity index (χ2v) is 4.33. The molecule has 98 valence electrons. The number of nitrogens with zero attached hydrogens (tertiary/aromatic N) is 1. The zero-order chi connectivity index (χ0) is 13.4. The van der Waals surface area contributed by atoms with Crippen LogP contribution in [0.15, 0.2) is 35.3 Å². The molecule has 0 spiro atoms. The molecule has 1 aliphatic heterocycles. The van der Waals surface area contributed by atoms with E-state index in [4.69, 9.17) is 0 Å². The first-order chi connectivity index (χ1) is 8.32. The lowest BCUT2D eigenvalue weighted by atomic mass is 9.95. The zero-order valence-electron chi connectivity index (χ0n) is 9.70. The summed E-state index contributed by atoms with van der Waals surface area (Å²) < 4.78 is 38.5. The summed E-state index contributed by atoms with van der Waals surface area (Å²) in [5.74, 6) is 0.0786. The fourth-order valence-corrected chi connectivity index (χ4v) is 2.00. The number of amidine groups is 1. The van der Waals surface area contributed by atoms with Gasteiger partial charge in [-0.25, -0.2) is 0 Å². The third-order valence-electron chi connectivity index (χ3n) is 2.88. The first-order valence-corrected chi connectivity index (χ1v) is 5.48. The van der Waals surface area contributed by atoms with Gasteiger partial charge in [-0.1, -0.05) is 30.3 Å². The predicted molar refractivity (Wildman–Crippen MR) is 61.0 cm³/mol. The van der Waals surface area contributed by atoms with Gasteiger partial charge < -0.3 is 10.4 Å². The molecular weight excluding hydrogens is 245 g/mol. The van der Waals surface area contributed by atoms with Gasteiger partial charge in [0.15, 0.2) is 0 Å². The lowest BCUT2D eigenvalue weighted by Gasteiger charge is -2.37. The lowest BCUT2D eigenvalue weighted by Crippen LogP contribution is -2.60. The molecular formula is C12H13F3N2O. The number of aliphatic imine (C=N–C) groups is 1. The van der Waals surface area contributed by atoms with Crippen molar-refractivity contribution in [3.63, 3.8) is 0 Å². The van der Waals surface area contributed by atoms with Gasteiger partial charge in [0, 0.05) is 6.42 Å². The van der Waals surface area contributed by atoms with Crippen molar-refractivity contribution in [1.82, 2.24) is 5.32 Å². The summed E-state index contributed by atoms with van der Waals surface area (Å²) in [4.78, 5) is 4.11. The molecule has 2 rings (SSSR count). The molecule has 1 aromatic rings. The molecule has 2 atom stereocenters. The van der Waals surface area contributed by atoms with E-state index in [1.165, 1.54) is 6.92 Å². The largest absolute Gasteiger partial charge is 0.436 e. The Labute approximate surface area is 102 Å². The van der Waals surface area contributed by atoms with Gasteiger partial charge in [0.25, 0.3) is 0 Å². The number of halogens is 3. The van der Waals surface area contributed by atoms with Crippen molar-refractivity contribution in [3.05, 3.63) is 35.9 Å². The maximum absolute atomic E-state index is 12.8. The third kappa shape index (κ3) is 2.33. The monoisotopic (exact) mass is 258 g/mol. The van der Waals surface area contributed by atoms with Crippen LogP contribution in [-0.2, 0) is 0 Å². The molecule has 0 amide bonds. The lowest BCUT2D eigenvalue weighted by molar-refractivity contribution is -0.272. The van der Waals surface area contributed by atoms with Crippen LogP contribution < -0.4 is 5.32 Å². The first-order valence-electron chi connectivity index (χ1n) is 5.48. The van der Waals surface area contributed by atoms with Crippen molar-refractivity contribution in [2.75, 3.05) is 0 Å². The van der Waals surface area contributed by atoms with Crippen LogP contribution in [0, 0.1) is 0 Å². The average molecular weight is 258 g/mol. The number of aliphatic hydroxyl groups is 1. The maximum Gasteiger partial charge on any atom is 0.436 e. The van der Waals surface area contributed by atoms with Crippen LogP contribution in [-0.4, -0.2) is 22.8 Å². The summed E-state index contributed by atoms with van der Waals surface area (Å²) in [6.07, 6.45) is -5.27. The number of hydrogen-bond acceptors (Lipinski definition) is 3. The van der Waals surface area contributed by atoms with Gasteiger partial charge in [-0.2, -0.15) is 13.2 Å². The molecule has 0 saturated heterocycles. The van der Waals surface area contributed by atoms with E-state index in [1.807, 2.05) is 5.32 Å². The predicted octanol–water partition coefficient (Wildman–Crippen LogP) is 2.39. The Bertz CT molecular complexity index is 458. The average Bonchev–Trinajstić information content (AvgIpc) is 2.27. The molecule has 2 N–H and O–H groups in total. The van der Waals surface area contributed by atoms with Crippen molar-refractivity contribution in [3.8, 4) is 0 Å². The molecule has 1 aliphatic rings. The second-order valence-electron chi connectivity index (χ2n) is 4.33. The van der Waals surface area contributed by atoms with Gasteiger partial charge in [0.05, 0.1) is 11.9 Å². The SMILES string of the molecule is CC1=N[C@@H](c2ccccc2)C[C@](O)(C(F)(F)F)N1. The highest BCUT2D eigenvalue weighted by molar-refractivity contribution is 5.81. The Balaban J connectivity index is 2.33. The van der Waals surface area contributed by atoms with Gasteiger partial charge in [0.2, 0.25) is 5.72 Å². The van der Waals surface area contributed by atoms with E-state index in [-0.39, 0.29) is 5.84 Å². The molecule has 18 heavy (non-hydrogen) atoms. The van der Waals surface area contributed by atoms with E-state index in [2.05, 4.69) is 4.99 Å². The summed E-state index contributed by atoms with van der Waals surface area (Å²) in [5, 5.41) is 11.7. The summed E-state index contributed by atoms with van der Waals surface area (Å²) in [7, 11) is 0. The number of nitrogens with one attached hydrogen (secondary N) is 1. The molecule has 0 aromatic heterocycles. The highest BCUT2D eigenvalue weighted by Gasteiger charge is 2.56. The summed E-state index contributed by atoms with van der Waals surface area (Å²) >= 11 is 0. The molecule has 0 bridgehead atoms. The van der Waals surface area contributed by atoms with Gasteiger partial charge >= 0.3 is 6.18 Å². The molecule has 0 fully saturated rings. The van der Waals surface area contributed by atoms with Crippen LogP contribution in [0.4, 0.5) is 13.2 Å². The third-order valence-corrected chi connectivity index (χ3v) is 2.88. The minimum absolute atomic E-state index is 0.0786. The zero-order valence-corrected chi connectivity index (χ0v) is 9.70. The maximum atomic E-state index is 12.8. The van der Waals surface area contributed by atoms with E-state index in [0.717, 1.165) is 0 Å². The van der Waals surface area contributed by atoms with Crippen molar-refractivity contribution in [1.29, 1.82) is 0 Å². The smallest absolute Gasteiger partial charge is 0.363 e. The highest BCUT2D eigenvalue weighted by atomic mass is 19.4. The quantitative estimate of drug-likeness (QED) is 0.812. The van der Waals surface area contributed by atoms with Gasteiger partial charge in [-0.05, 0) is 12.5 Å². The number of benzene rings is 1. The van der Waals surface area contributed by atoms with Gasteiger partial charge in [-0.15, -0.1) is 0 Å². The minimum atomic E-state index is -4.74. The summed E-state index contributed by atoms with van der Waals surface area (Å²) in [6.45, 7) is 1.41. The number of alkyl halides is 3. The van der Waals surface area contributed by atoms with Crippen LogP contribution >= 0.6 is 0 Å². The fourth-order valence-electron chi connectivity index (χ4n) is 2.00. The van der Waals surface area contributed by atoms with E-state index in [0.29, 0.717) is 5.56 Å². The van der Waals surface area contributed by atoms with Crippen molar-refractivity contribution < 1.29 is 18.3 Å².